The van der Waals surface area contributed by atoms with Crippen molar-refractivity contribution in [1.29, 1.82) is 0 Å². The van der Waals surface area contributed by atoms with Gasteiger partial charge in [0.05, 0.1) is 6.61 Å². The van der Waals surface area contributed by atoms with Gasteiger partial charge in [-0.15, -0.1) is 0 Å². The van der Waals surface area contributed by atoms with Gasteiger partial charge in [0.15, 0.2) is 0 Å². The first-order valence-electron chi connectivity index (χ1n) is 5.49. The molecule has 2 nitrogen and oxygen atoms in total. The molecule has 78 valence electrons. The van der Waals surface area contributed by atoms with Gasteiger partial charge in [0.25, 0.3) is 0 Å². The van der Waals surface area contributed by atoms with E-state index in [0.29, 0.717) is 6.04 Å². The second-order valence-corrected chi connectivity index (χ2v) is 4.14. The summed E-state index contributed by atoms with van der Waals surface area (Å²) in [4.78, 5) is 0. The second-order valence-electron chi connectivity index (χ2n) is 4.14. The lowest BCUT2D eigenvalue weighted by atomic mass is 9.92. The van der Waals surface area contributed by atoms with Gasteiger partial charge in [-0.3, -0.25) is 0 Å². The summed E-state index contributed by atoms with van der Waals surface area (Å²) in [5, 5.41) is 3.43. The fourth-order valence-electron chi connectivity index (χ4n) is 2.18. The lowest BCUT2D eigenvalue weighted by Gasteiger charge is -2.25. The maximum absolute atomic E-state index is 5.29. The van der Waals surface area contributed by atoms with Crippen LogP contribution in [0.4, 0.5) is 0 Å². The average molecular weight is 185 g/mol. The van der Waals surface area contributed by atoms with Gasteiger partial charge in [-0.05, 0) is 32.2 Å². The highest BCUT2D eigenvalue weighted by Gasteiger charge is 2.35. The molecule has 0 bridgehead atoms. The minimum absolute atomic E-state index is 0.664. The highest BCUT2D eigenvalue weighted by molar-refractivity contribution is 4.88. The molecule has 1 fully saturated rings. The Morgan fingerprint density at radius 1 is 1.46 bits per heavy atom. The first-order valence-corrected chi connectivity index (χ1v) is 5.49. The number of hydrogen-bond donors (Lipinski definition) is 1. The molecule has 0 saturated heterocycles. The van der Waals surface area contributed by atoms with Crippen LogP contribution in [-0.4, -0.2) is 26.8 Å². The zero-order chi connectivity index (χ0) is 9.68. The Labute approximate surface area is 82.0 Å². The van der Waals surface area contributed by atoms with E-state index < -0.39 is 0 Å². The molecule has 0 spiro atoms. The predicted octanol–water partition coefficient (Wildman–Crippen LogP) is 2.05. The molecule has 0 heterocycles. The van der Waals surface area contributed by atoms with Crippen molar-refractivity contribution in [3.63, 3.8) is 0 Å². The van der Waals surface area contributed by atoms with Crippen LogP contribution in [0.1, 0.15) is 32.6 Å². The zero-order valence-electron chi connectivity index (χ0n) is 9.18. The van der Waals surface area contributed by atoms with Gasteiger partial charge in [-0.1, -0.05) is 13.3 Å². The Morgan fingerprint density at radius 3 is 2.54 bits per heavy atom. The summed E-state index contributed by atoms with van der Waals surface area (Å²) >= 11 is 0. The van der Waals surface area contributed by atoms with E-state index in [4.69, 9.17) is 4.74 Å². The van der Waals surface area contributed by atoms with Gasteiger partial charge in [0.1, 0.15) is 0 Å². The van der Waals surface area contributed by atoms with Crippen LogP contribution in [0.2, 0.25) is 0 Å². The lowest BCUT2D eigenvalue weighted by Crippen LogP contribution is -2.37. The van der Waals surface area contributed by atoms with Gasteiger partial charge < -0.3 is 10.1 Å². The largest absolute Gasteiger partial charge is 0.384 e. The van der Waals surface area contributed by atoms with Gasteiger partial charge in [-0.25, -0.2) is 0 Å². The molecule has 13 heavy (non-hydrogen) atoms. The molecule has 2 unspecified atom stereocenters. The van der Waals surface area contributed by atoms with E-state index in [0.717, 1.165) is 18.4 Å². The van der Waals surface area contributed by atoms with Gasteiger partial charge in [-0.2, -0.15) is 0 Å². The summed E-state index contributed by atoms with van der Waals surface area (Å²) in [5.74, 6) is 1.68. The van der Waals surface area contributed by atoms with Crippen LogP contribution < -0.4 is 5.32 Å². The number of methoxy groups -OCH3 is 1. The number of hydrogen-bond acceptors (Lipinski definition) is 2. The Bertz CT molecular complexity index is 134. The third kappa shape index (κ3) is 3.28. The van der Waals surface area contributed by atoms with Crippen molar-refractivity contribution in [2.75, 3.05) is 20.8 Å². The summed E-state index contributed by atoms with van der Waals surface area (Å²) in [5.41, 5.74) is 0. The molecule has 0 amide bonds. The molecule has 0 radical (unpaired) electrons. The average Bonchev–Trinajstić information content (AvgIpc) is 2.94. The van der Waals surface area contributed by atoms with Crippen molar-refractivity contribution >= 4 is 0 Å². The minimum atomic E-state index is 0.664. The normalized spacial score (nSPS) is 21.5. The smallest absolute Gasteiger partial charge is 0.0508 e. The van der Waals surface area contributed by atoms with E-state index in [-0.39, 0.29) is 0 Å². The minimum Gasteiger partial charge on any atom is -0.384 e. The number of nitrogens with one attached hydrogen (secondary N) is 1. The van der Waals surface area contributed by atoms with E-state index in [1.54, 1.807) is 0 Å². The molecule has 0 aromatic carbocycles. The molecule has 2 heteroatoms. The molecular weight excluding hydrogens is 162 g/mol. The van der Waals surface area contributed by atoms with Crippen molar-refractivity contribution in [3.05, 3.63) is 0 Å². The maximum Gasteiger partial charge on any atom is 0.0508 e. The van der Waals surface area contributed by atoms with Crippen LogP contribution in [0.25, 0.3) is 0 Å². The van der Waals surface area contributed by atoms with Crippen LogP contribution in [0.15, 0.2) is 0 Å². The summed E-state index contributed by atoms with van der Waals surface area (Å²) in [6.45, 7) is 3.18. The van der Waals surface area contributed by atoms with Crippen molar-refractivity contribution in [3.8, 4) is 0 Å². The molecule has 1 N–H and O–H groups in total. The van der Waals surface area contributed by atoms with Crippen LogP contribution in [-0.2, 0) is 4.74 Å². The Balaban J connectivity index is 2.38. The zero-order valence-corrected chi connectivity index (χ0v) is 9.18. The van der Waals surface area contributed by atoms with Gasteiger partial charge in [0, 0.05) is 19.1 Å². The van der Waals surface area contributed by atoms with Gasteiger partial charge >= 0.3 is 0 Å². The molecule has 0 aliphatic heterocycles. The third-order valence-electron chi connectivity index (χ3n) is 3.07. The standard InChI is InChI=1S/C11H23NO/c1-4-5-11(12-2)10(8-13-3)9-6-7-9/h9-12H,4-8H2,1-3H3. The maximum atomic E-state index is 5.29. The fourth-order valence-corrected chi connectivity index (χ4v) is 2.18. The van der Waals surface area contributed by atoms with E-state index in [1.165, 1.54) is 25.7 Å². The molecule has 0 aromatic rings. The predicted molar refractivity (Wildman–Crippen MR) is 55.8 cm³/mol. The first-order chi connectivity index (χ1) is 6.33. The summed E-state index contributed by atoms with van der Waals surface area (Å²) in [6, 6.07) is 0.664. The van der Waals surface area contributed by atoms with E-state index in [1.807, 2.05) is 7.11 Å². The van der Waals surface area contributed by atoms with E-state index in [9.17, 15) is 0 Å². The Hall–Kier alpha value is -0.0800. The summed E-state index contributed by atoms with van der Waals surface area (Å²) < 4.78 is 5.29. The topological polar surface area (TPSA) is 21.3 Å². The molecule has 1 saturated carbocycles. The third-order valence-corrected chi connectivity index (χ3v) is 3.07. The summed E-state index contributed by atoms with van der Waals surface area (Å²) in [7, 11) is 3.89. The first kappa shape index (κ1) is 11.0. The molecule has 0 aromatic heterocycles. The van der Waals surface area contributed by atoms with Crippen LogP contribution >= 0.6 is 0 Å². The van der Waals surface area contributed by atoms with Crippen LogP contribution in [0.5, 0.6) is 0 Å². The Morgan fingerprint density at radius 2 is 2.15 bits per heavy atom. The SMILES string of the molecule is CCCC(NC)C(COC)C1CC1. The van der Waals surface area contributed by atoms with Crippen molar-refractivity contribution in [2.24, 2.45) is 11.8 Å². The van der Waals surface area contributed by atoms with Crippen molar-refractivity contribution < 1.29 is 4.74 Å². The number of rotatable bonds is 7. The van der Waals surface area contributed by atoms with Crippen molar-refractivity contribution in [1.82, 2.24) is 5.32 Å². The molecule has 1 aliphatic carbocycles. The molecule has 2 atom stereocenters. The molecule has 1 aliphatic rings. The van der Waals surface area contributed by atoms with Crippen molar-refractivity contribution in [2.45, 2.75) is 38.6 Å². The van der Waals surface area contributed by atoms with E-state index in [2.05, 4.69) is 19.3 Å². The highest BCUT2D eigenvalue weighted by atomic mass is 16.5. The summed E-state index contributed by atoms with van der Waals surface area (Å²) in [6.07, 6.45) is 5.37. The molecule has 1 rings (SSSR count). The van der Waals surface area contributed by atoms with E-state index >= 15 is 0 Å². The highest BCUT2D eigenvalue weighted by Crippen LogP contribution is 2.39. The van der Waals surface area contributed by atoms with Crippen LogP contribution in [0, 0.1) is 11.8 Å². The number of ether oxygens (including phenoxy) is 1. The second kappa shape index (κ2) is 5.61. The lowest BCUT2D eigenvalue weighted by molar-refractivity contribution is 0.117. The Kier molecular flexibility index (Phi) is 4.74. The molecular formula is C11H23NO. The quantitative estimate of drug-likeness (QED) is 0.655. The van der Waals surface area contributed by atoms with Gasteiger partial charge in [0.2, 0.25) is 0 Å². The van der Waals surface area contributed by atoms with Crippen LogP contribution in [0.3, 0.4) is 0 Å². The fraction of sp³-hybridized carbons (Fsp3) is 1.00. The monoisotopic (exact) mass is 185 g/mol.